The number of benzene rings is 1. The molecular weight excluding hydrogens is 260 g/mol. The molecule has 1 aliphatic carbocycles. The Morgan fingerprint density at radius 1 is 1.53 bits per heavy atom. The lowest BCUT2D eigenvalue weighted by atomic mass is 9.89. The van der Waals surface area contributed by atoms with E-state index in [0.29, 0.717) is 5.92 Å². The van der Waals surface area contributed by atoms with Crippen LogP contribution in [0.15, 0.2) is 17.0 Å². The fraction of sp³-hybridized carbons (Fsp3) is 0.533. The number of aliphatic carboxylic acids is 1. The van der Waals surface area contributed by atoms with Crippen molar-refractivity contribution in [3.63, 3.8) is 0 Å². The highest BCUT2D eigenvalue weighted by Gasteiger charge is 2.35. The molecule has 0 bridgehead atoms. The van der Waals surface area contributed by atoms with Crippen LogP contribution in [0.5, 0.6) is 5.75 Å². The fourth-order valence-corrected chi connectivity index (χ4v) is 3.21. The van der Waals surface area contributed by atoms with Crippen LogP contribution < -0.4 is 4.74 Å². The minimum atomic E-state index is -0.731. The smallest absolute Gasteiger partial charge is 0.303 e. The van der Waals surface area contributed by atoms with Crippen molar-refractivity contribution in [3.8, 4) is 5.75 Å². The number of hydrogen-bond donors (Lipinski definition) is 1. The molecule has 1 aromatic rings. The first kappa shape index (κ1) is 14.3. The molecule has 1 saturated carbocycles. The Morgan fingerprint density at radius 3 is 2.68 bits per heavy atom. The van der Waals surface area contributed by atoms with Crippen LogP contribution in [0.1, 0.15) is 36.3 Å². The van der Waals surface area contributed by atoms with E-state index in [2.05, 4.69) is 13.0 Å². The van der Waals surface area contributed by atoms with E-state index in [1.54, 1.807) is 18.9 Å². The van der Waals surface area contributed by atoms with Crippen LogP contribution in [0.25, 0.3) is 0 Å². The Balaban J connectivity index is 2.41. The minimum absolute atomic E-state index is 0.0824. The van der Waals surface area contributed by atoms with E-state index >= 15 is 0 Å². The second-order valence-corrected chi connectivity index (χ2v) is 5.95. The molecule has 4 heteroatoms. The monoisotopic (exact) mass is 280 g/mol. The summed E-state index contributed by atoms with van der Waals surface area (Å²) >= 11 is 1.69. The predicted molar refractivity (Wildman–Crippen MR) is 77.2 cm³/mol. The van der Waals surface area contributed by atoms with E-state index in [-0.39, 0.29) is 12.3 Å². The van der Waals surface area contributed by atoms with Crippen molar-refractivity contribution in [1.29, 1.82) is 0 Å². The predicted octanol–water partition coefficient (Wildman–Crippen LogP) is 3.69. The van der Waals surface area contributed by atoms with Gasteiger partial charge in [-0.3, -0.25) is 4.79 Å². The number of carboxylic acid groups (broad SMARTS) is 1. The minimum Gasteiger partial charge on any atom is -0.496 e. The summed E-state index contributed by atoms with van der Waals surface area (Å²) < 4.78 is 5.46. The molecule has 19 heavy (non-hydrogen) atoms. The van der Waals surface area contributed by atoms with Gasteiger partial charge in [-0.25, -0.2) is 0 Å². The van der Waals surface area contributed by atoms with Gasteiger partial charge in [0.05, 0.1) is 13.5 Å². The van der Waals surface area contributed by atoms with Crippen molar-refractivity contribution in [1.82, 2.24) is 0 Å². The number of thioether (sulfide) groups is 1. The van der Waals surface area contributed by atoms with Gasteiger partial charge in [-0.15, -0.1) is 11.8 Å². The summed E-state index contributed by atoms with van der Waals surface area (Å²) in [6, 6.07) is 4.14. The largest absolute Gasteiger partial charge is 0.496 e. The average molecular weight is 280 g/mol. The molecule has 0 spiro atoms. The van der Waals surface area contributed by atoms with E-state index in [9.17, 15) is 4.79 Å². The molecule has 0 heterocycles. The van der Waals surface area contributed by atoms with Gasteiger partial charge in [0.25, 0.3) is 0 Å². The van der Waals surface area contributed by atoms with Crippen molar-refractivity contribution >= 4 is 17.7 Å². The standard InChI is InChI=1S/C15H20O3S/c1-9-6-13(18-2)12(7-14(9)19-3)11(8-15(16)17)10-4-5-10/h6-7,10-11H,4-5,8H2,1-3H3,(H,16,17). The molecule has 1 atom stereocenters. The van der Waals surface area contributed by atoms with Gasteiger partial charge < -0.3 is 9.84 Å². The van der Waals surface area contributed by atoms with Crippen molar-refractivity contribution in [2.75, 3.05) is 13.4 Å². The molecule has 0 aliphatic heterocycles. The van der Waals surface area contributed by atoms with Gasteiger partial charge in [-0.05, 0) is 55.2 Å². The molecule has 1 aromatic carbocycles. The number of rotatable bonds is 6. The van der Waals surface area contributed by atoms with Crippen LogP contribution in [0.2, 0.25) is 0 Å². The summed E-state index contributed by atoms with van der Waals surface area (Å²) in [6.45, 7) is 2.06. The molecule has 1 unspecified atom stereocenters. The molecule has 1 fully saturated rings. The zero-order chi connectivity index (χ0) is 14.0. The Kier molecular flexibility index (Phi) is 4.40. The van der Waals surface area contributed by atoms with Gasteiger partial charge in [-0.2, -0.15) is 0 Å². The Hall–Kier alpha value is -1.16. The van der Waals surface area contributed by atoms with Gasteiger partial charge in [-0.1, -0.05) is 0 Å². The molecule has 2 rings (SSSR count). The highest BCUT2D eigenvalue weighted by molar-refractivity contribution is 7.98. The van der Waals surface area contributed by atoms with Crippen molar-refractivity contribution < 1.29 is 14.6 Å². The quantitative estimate of drug-likeness (QED) is 0.807. The number of methoxy groups -OCH3 is 1. The SMILES string of the molecule is COc1cc(C)c(SC)cc1C(CC(=O)O)C1CC1. The van der Waals surface area contributed by atoms with E-state index in [1.807, 2.05) is 12.3 Å². The van der Waals surface area contributed by atoms with E-state index < -0.39 is 5.97 Å². The van der Waals surface area contributed by atoms with Crippen LogP contribution >= 0.6 is 11.8 Å². The maximum atomic E-state index is 11.1. The van der Waals surface area contributed by atoms with Gasteiger partial charge >= 0.3 is 5.97 Å². The first-order chi connectivity index (χ1) is 9.06. The lowest BCUT2D eigenvalue weighted by molar-refractivity contribution is -0.137. The summed E-state index contributed by atoms with van der Waals surface area (Å²) in [6.07, 6.45) is 4.49. The van der Waals surface area contributed by atoms with Gasteiger partial charge in [0.15, 0.2) is 0 Å². The molecule has 0 saturated heterocycles. The molecule has 0 radical (unpaired) electrons. The number of ether oxygens (including phenoxy) is 1. The topological polar surface area (TPSA) is 46.5 Å². The molecule has 1 aliphatic rings. The Bertz CT molecular complexity index is 481. The van der Waals surface area contributed by atoms with Gasteiger partial charge in [0.1, 0.15) is 5.75 Å². The summed E-state index contributed by atoms with van der Waals surface area (Å²) in [5, 5.41) is 9.12. The molecule has 0 aromatic heterocycles. The molecule has 1 N–H and O–H groups in total. The first-order valence-corrected chi connectivity index (χ1v) is 7.73. The number of carboxylic acids is 1. The van der Waals surface area contributed by atoms with Crippen LogP contribution in [-0.4, -0.2) is 24.4 Å². The van der Waals surface area contributed by atoms with E-state index in [1.165, 1.54) is 10.5 Å². The highest BCUT2D eigenvalue weighted by Crippen LogP contribution is 2.48. The number of hydrogen-bond acceptors (Lipinski definition) is 3. The van der Waals surface area contributed by atoms with Crippen molar-refractivity contribution in [2.45, 2.75) is 37.0 Å². The zero-order valence-corrected chi connectivity index (χ0v) is 12.4. The third-order valence-corrected chi connectivity index (χ3v) is 4.61. The van der Waals surface area contributed by atoms with Crippen molar-refractivity contribution in [2.24, 2.45) is 5.92 Å². The summed E-state index contributed by atoms with van der Waals surface area (Å²) in [7, 11) is 1.65. The van der Waals surface area contributed by atoms with E-state index in [4.69, 9.17) is 9.84 Å². The van der Waals surface area contributed by atoms with Gasteiger partial charge in [0.2, 0.25) is 0 Å². The summed E-state index contributed by atoms with van der Waals surface area (Å²) in [5.74, 6) is 0.681. The lowest BCUT2D eigenvalue weighted by Gasteiger charge is -2.20. The fourth-order valence-electron chi connectivity index (χ4n) is 2.58. The Labute approximate surface area is 118 Å². The third-order valence-electron chi connectivity index (χ3n) is 3.73. The zero-order valence-electron chi connectivity index (χ0n) is 11.6. The Morgan fingerprint density at radius 2 is 2.21 bits per heavy atom. The second-order valence-electron chi connectivity index (χ2n) is 5.11. The molecule has 0 amide bonds. The first-order valence-electron chi connectivity index (χ1n) is 6.51. The summed E-state index contributed by atoms with van der Waals surface area (Å²) in [4.78, 5) is 12.3. The summed E-state index contributed by atoms with van der Waals surface area (Å²) in [5.41, 5.74) is 2.24. The van der Waals surface area contributed by atoms with Crippen LogP contribution in [-0.2, 0) is 4.79 Å². The van der Waals surface area contributed by atoms with Crippen LogP contribution in [0.4, 0.5) is 0 Å². The number of aryl methyl sites for hydroxylation is 1. The normalized spacial score (nSPS) is 16.2. The molecular formula is C15H20O3S. The number of carbonyl (C=O) groups is 1. The second kappa shape index (κ2) is 5.87. The maximum Gasteiger partial charge on any atom is 0.303 e. The third kappa shape index (κ3) is 3.24. The van der Waals surface area contributed by atoms with E-state index in [0.717, 1.165) is 24.2 Å². The van der Waals surface area contributed by atoms with Crippen LogP contribution in [0, 0.1) is 12.8 Å². The highest BCUT2D eigenvalue weighted by atomic mass is 32.2. The molecule has 104 valence electrons. The maximum absolute atomic E-state index is 11.1. The molecule has 3 nitrogen and oxygen atoms in total. The van der Waals surface area contributed by atoms with Crippen molar-refractivity contribution in [3.05, 3.63) is 23.3 Å². The lowest BCUT2D eigenvalue weighted by Crippen LogP contribution is -2.10. The average Bonchev–Trinajstić information content (AvgIpc) is 3.19. The van der Waals surface area contributed by atoms with Gasteiger partial charge in [0, 0.05) is 10.8 Å². The van der Waals surface area contributed by atoms with Crippen LogP contribution in [0.3, 0.4) is 0 Å².